The maximum Gasteiger partial charge on any atom is 0.309 e. The fourth-order valence-corrected chi connectivity index (χ4v) is 1.01. The minimum atomic E-state index is -0.255. The lowest BCUT2D eigenvalue weighted by molar-refractivity contribution is -0.139. The molecular formula is C11H10O2. The fraction of sp³-hybridized carbons (Fsp3) is 0.182. The van der Waals surface area contributed by atoms with Gasteiger partial charge in [0.25, 0.3) is 0 Å². The molecule has 0 heterocycles. The Morgan fingerprint density at radius 2 is 2.38 bits per heavy atom. The first-order valence-corrected chi connectivity index (χ1v) is 3.88. The van der Waals surface area contributed by atoms with Crippen LogP contribution in [0.25, 0.3) is 0 Å². The van der Waals surface area contributed by atoms with Gasteiger partial charge in [-0.2, -0.15) is 0 Å². The fourth-order valence-electron chi connectivity index (χ4n) is 1.01. The molecule has 0 unspecified atom stereocenters. The lowest BCUT2D eigenvalue weighted by atomic mass is 10.1. The Hall–Kier alpha value is -1.75. The van der Waals surface area contributed by atoms with Crippen molar-refractivity contribution in [2.75, 3.05) is 7.11 Å². The third-order valence-electron chi connectivity index (χ3n) is 1.67. The van der Waals surface area contributed by atoms with Crippen molar-refractivity contribution in [3.8, 4) is 12.3 Å². The van der Waals surface area contributed by atoms with Crippen LogP contribution >= 0.6 is 0 Å². The van der Waals surface area contributed by atoms with Crippen molar-refractivity contribution >= 4 is 5.97 Å². The third kappa shape index (κ3) is 2.64. The first-order valence-electron chi connectivity index (χ1n) is 3.88. The van der Waals surface area contributed by atoms with Crippen LogP contribution in [0.4, 0.5) is 0 Å². The van der Waals surface area contributed by atoms with Gasteiger partial charge in [-0.05, 0) is 17.7 Å². The number of benzene rings is 1. The van der Waals surface area contributed by atoms with E-state index in [2.05, 4.69) is 10.7 Å². The molecule has 0 bridgehead atoms. The maximum absolute atomic E-state index is 10.9. The number of carbonyl (C=O) groups is 1. The number of hydrogen-bond acceptors (Lipinski definition) is 2. The van der Waals surface area contributed by atoms with Crippen LogP contribution in [0.1, 0.15) is 11.1 Å². The zero-order valence-corrected chi connectivity index (χ0v) is 7.41. The second kappa shape index (κ2) is 4.32. The highest BCUT2D eigenvalue weighted by Crippen LogP contribution is 2.05. The Morgan fingerprint density at radius 1 is 1.62 bits per heavy atom. The molecule has 0 aliphatic rings. The summed E-state index contributed by atoms with van der Waals surface area (Å²) in [5.74, 6) is 2.25. The van der Waals surface area contributed by atoms with E-state index in [4.69, 9.17) is 6.42 Å². The smallest absolute Gasteiger partial charge is 0.309 e. The quantitative estimate of drug-likeness (QED) is 0.500. The van der Waals surface area contributed by atoms with Gasteiger partial charge < -0.3 is 4.74 Å². The number of methoxy groups -OCH3 is 1. The van der Waals surface area contributed by atoms with Gasteiger partial charge in [0.15, 0.2) is 0 Å². The molecule has 1 rings (SSSR count). The standard InChI is InChI=1S/C11H10O2/c1-3-9-5-4-6-10(7-9)8-11(12)13-2/h1,4-7H,8H2,2H3. The molecule has 0 fully saturated rings. The van der Waals surface area contributed by atoms with Gasteiger partial charge in [0, 0.05) is 5.56 Å². The average Bonchev–Trinajstić information content (AvgIpc) is 2.18. The number of carbonyl (C=O) groups excluding carboxylic acids is 1. The van der Waals surface area contributed by atoms with E-state index in [1.54, 1.807) is 6.07 Å². The van der Waals surface area contributed by atoms with Gasteiger partial charge in [0.2, 0.25) is 0 Å². The van der Waals surface area contributed by atoms with Gasteiger partial charge in [-0.3, -0.25) is 4.79 Å². The van der Waals surface area contributed by atoms with Crippen LogP contribution in [0.3, 0.4) is 0 Å². The van der Waals surface area contributed by atoms with Crippen LogP contribution in [-0.2, 0) is 16.0 Å². The van der Waals surface area contributed by atoms with Crippen LogP contribution in [0, 0.1) is 12.3 Å². The zero-order chi connectivity index (χ0) is 9.68. The molecule has 0 aromatic heterocycles. The first-order chi connectivity index (χ1) is 6.26. The summed E-state index contributed by atoms with van der Waals surface area (Å²) in [6, 6.07) is 7.29. The van der Waals surface area contributed by atoms with E-state index in [0.29, 0.717) is 0 Å². The molecule has 1 aromatic rings. The number of ether oxygens (including phenoxy) is 1. The van der Waals surface area contributed by atoms with E-state index in [9.17, 15) is 4.79 Å². The van der Waals surface area contributed by atoms with Crippen LogP contribution in [0.5, 0.6) is 0 Å². The lowest BCUT2D eigenvalue weighted by Crippen LogP contribution is -2.04. The molecule has 13 heavy (non-hydrogen) atoms. The molecular weight excluding hydrogens is 164 g/mol. The first kappa shape index (κ1) is 9.34. The lowest BCUT2D eigenvalue weighted by Gasteiger charge is -1.99. The number of hydrogen-bond donors (Lipinski definition) is 0. The predicted octanol–water partition coefficient (Wildman–Crippen LogP) is 1.38. The molecule has 0 radical (unpaired) electrons. The Balaban J connectivity index is 2.79. The van der Waals surface area contributed by atoms with Crippen molar-refractivity contribution in [2.45, 2.75) is 6.42 Å². The molecule has 0 aliphatic carbocycles. The minimum absolute atomic E-state index is 0.255. The van der Waals surface area contributed by atoms with Gasteiger partial charge in [-0.15, -0.1) is 6.42 Å². The van der Waals surface area contributed by atoms with E-state index in [1.807, 2.05) is 18.2 Å². The summed E-state index contributed by atoms with van der Waals surface area (Å²) in [6.07, 6.45) is 5.49. The van der Waals surface area contributed by atoms with E-state index in [0.717, 1.165) is 11.1 Å². The minimum Gasteiger partial charge on any atom is -0.469 e. The Kier molecular flexibility index (Phi) is 3.10. The zero-order valence-electron chi connectivity index (χ0n) is 7.41. The third-order valence-corrected chi connectivity index (χ3v) is 1.67. The Bertz CT molecular complexity index is 347. The molecule has 66 valence electrons. The van der Waals surface area contributed by atoms with Crippen LogP contribution in [0.15, 0.2) is 24.3 Å². The maximum atomic E-state index is 10.9. The summed E-state index contributed by atoms with van der Waals surface area (Å²) in [7, 11) is 1.37. The summed E-state index contributed by atoms with van der Waals surface area (Å²) in [6.45, 7) is 0. The van der Waals surface area contributed by atoms with Crippen LogP contribution < -0.4 is 0 Å². The topological polar surface area (TPSA) is 26.3 Å². The van der Waals surface area contributed by atoms with Crippen molar-refractivity contribution in [3.63, 3.8) is 0 Å². The van der Waals surface area contributed by atoms with Gasteiger partial charge in [0.05, 0.1) is 13.5 Å². The highest BCUT2D eigenvalue weighted by Gasteiger charge is 2.01. The predicted molar refractivity (Wildman–Crippen MR) is 50.1 cm³/mol. The highest BCUT2D eigenvalue weighted by molar-refractivity contribution is 5.72. The molecule has 0 saturated heterocycles. The van der Waals surface area contributed by atoms with Gasteiger partial charge >= 0.3 is 5.97 Å². The van der Waals surface area contributed by atoms with E-state index in [1.165, 1.54) is 7.11 Å². The van der Waals surface area contributed by atoms with Gasteiger partial charge in [-0.1, -0.05) is 18.1 Å². The molecule has 2 nitrogen and oxygen atoms in total. The SMILES string of the molecule is C#Cc1cccc(CC(=O)OC)c1. The van der Waals surface area contributed by atoms with E-state index >= 15 is 0 Å². The number of terminal acetylenes is 1. The average molecular weight is 174 g/mol. The van der Waals surface area contributed by atoms with Crippen molar-refractivity contribution in [1.82, 2.24) is 0 Å². The van der Waals surface area contributed by atoms with Crippen LogP contribution in [0.2, 0.25) is 0 Å². The Labute approximate surface area is 77.5 Å². The molecule has 0 saturated carbocycles. The second-order valence-corrected chi connectivity index (χ2v) is 2.60. The molecule has 0 atom stereocenters. The molecule has 0 amide bonds. The van der Waals surface area contributed by atoms with E-state index < -0.39 is 0 Å². The number of rotatable bonds is 2. The van der Waals surface area contributed by atoms with E-state index in [-0.39, 0.29) is 12.4 Å². The summed E-state index contributed by atoms with van der Waals surface area (Å²) >= 11 is 0. The van der Waals surface area contributed by atoms with Crippen molar-refractivity contribution < 1.29 is 9.53 Å². The Morgan fingerprint density at radius 3 is 3.00 bits per heavy atom. The summed E-state index contributed by atoms with van der Waals surface area (Å²) in [5.41, 5.74) is 1.66. The molecule has 0 N–H and O–H groups in total. The van der Waals surface area contributed by atoms with Crippen molar-refractivity contribution in [2.24, 2.45) is 0 Å². The van der Waals surface area contributed by atoms with Crippen molar-refractivity contribution in [1.29, 1.82) is 0 Å². The van der Waals surface area contributed by atoms with Gasteiger partial charge in [-0.25, -0.2) is 0 Å². The summed E-state index contributed by atoms with van der Waals surface area (Å²) < 4.78 is 4.54. The molecule has 0 spiro atoms. The van der Waals surface area contributed by atoms with Crippen LogP contribution in [-0.4, -0.2) is 13.1 Å². The summed E-state index contributed by atoms with van der Waals surface area (Å²) in [5, 5.41) is 0. The molecule has 0 aliphatic heterocycles. The normalized spacial score (nSPS) is 8.92. The van der Waals surface area contributed by atoms with Gasteiger partial charge in [0.1, 0.15) is 0 Å². The molecule has 2 heteroatoms. The monoisotopic (exact) mass is 174 g/mol. The summed E-state index contributed by atoms with van der Waals surface area (Å²) in [4.78, 5) is 10.9. The molecule has 1 aromatic carbocycles. The highest BCUT2D eigenvalue weighted by atomic mass is 16.5. The second-order valence-electron chi connectivity index (χ2n) is 2.60. The number of esters is 1. The van der Waals surface area contributed by atoms with Crippen molar-refractivity contribution in [3.05, 3.63) is 35.4 Å². The largest absolute Gasteiger partial charge is 0.469 e.